The number of rotatable bonds is 11. The number of esters is 2. The van der Waals surface area contributed by atoms with Crippen LogP contribution in [0.3, 0.4) is 0 Å². The summed E-state index contributed by atoms with van der Waals surface area (Å²) in [5.41, 5.74) is 16.4. The fourth-order valence-electron chi connectivity index (χ4n) is 4.39. The van der Waals surface area contributed by atoms with Crippen LogP contribution in [-0.4, -0.2) is 62.9 Å². The van der Waals surface area contributed by atoms with Crippen LogP contribution in [0.2, 0.25) is 0 Å². The maximum absolute atomic E-state index is 13.8. The van der Waals surface area contributed by atoms with E-state index in [4.69, 9.17) is 26.7 Å². The fraction of sp³-hybridized carbons (Fsp3) is 0.480. The van der Waals surface area contributed by atoms with Crippen LogP contribution in [0.4, 0.5) is 0 Å². The van der Waals surface area contributed by atoms with Gasteiger partial charge in [0, 0.05) is 12.6 Å². The number of hydrogen-bond donors (Lipinski definition) is 3. The first-order valence-corrected chi connectivity index (χ1v) is 13.7. The lowest BCUT2D eigenvalue weighted by Crippen LogP contribution is -2.45. The van der Waals surface area contributed by atoms with Gasteiger partial charge in [0.2, 0.25) is 10.0 Å². The third-order valence-corrected chi connectivity index (χ3v) is 8.27. The third-order valence-electron chi connectivity index (χ3n) is 6.38. The molecule has 2 aromatic rings. The smallest absolute Gasteiger partial charge is 0.330 e. The number of hydrogen-bond acceptors (Lipinski definition) is 8. The molecule has 0 saturated heterocycles. The molecule has 12 heteroatoms. The Morgan fingerprint density at radius 3 is 2.46 bits per heavy atom. The van der Waals surface area contributed by atoms with Gasteiger partial charge in [-0.3, -0.25) is 9.79 Å². The van der Waals surface area contributed by atoms with Crippen LogP contribution in [0, 0.1) is 0 Å². The molecule has 0 aromatic heterocycles. The standard InChI is InChI=1S/C25H35N5O6S/c1-35-20-11-9-17-10-12-21(15-18(17)14-20)37(33,34)30(19-6-3-2-4-7-19)16-23(31)36-24(32)22(26)8-5-13-29-25(27)28/h9-12,14-15,19,22H,2-8,13,16,26H2,1H3,(H4,27,28,29)/t22-/m0/s1. The zero-order valence-electron chi connectivity index (χ0n) is 21.0. The summed E-state index contributed by atoms with van der Waals surface area (Å²) in [4.78, 5) is 28.9. The Morgan fingerprint density at radius 2 is 1.78 bits per heavy atom. The van der Waals surface area contributed by atoms with E-state index in [1.54, 1.807) is 24.3 Å². The lowest BCUT2D eigenvalue weighted by Gasteiger charge is -2.32. The molecule has 6 N–H and O–H groups in total. The quantitative estimate of drug-likeness (QED) is 0.127. The summed E-state index contributed by atoms with van der Waals surface area (Å²) in [7, 11) is -2.54. The van der Waals surface area contributed by atoms with Crippen LogP contribution in [0.5, 0.6) is 5.75 Å². The summed E-state index contributed by atoms with van der Waals surface area (Å²) in [6, 6.07) is 8.74. The predicted molar refractivity (Wildman–Crippen MR) is 140 cm³/mol. The second-order valence-electron chi connectivity index (χ2n) is 9.07. The zero-order valence-corrected chi connectivity index (χ0v) is 21.8. The summed E-state index contributed by atoms with van der Waals surface area (Å²) >= 11 is 0. The molecule has 37 heavy (non-hydrogen) atoms. The number of guanidine groups is 1. The second kappa shape index (κ2) is 12.8. The number of carbonyl (C=O) groups is 2. The van der Waals surface area contributed by atoms with Crippen LogP contribution in [0.1, 0.15) is 44.9 Å². The number of fused-ring (bicyclic) bond motifs is 1. The van der Waals surface area contributed by atoms with Crippen LogP contribution in [0.25, 0.3) is 10.8 Å². The van der Waals surface area contributed by atoms with Gasteiger partial charge >= 0.3 is 11.9 Å². The van der Waals surface area contributed by atoms with Gasteiger partial charge in [0.1, 0.15) is 18.3 Å². The lowest BCUT2D eigenvalue weighted by atomic mass is 9.95. The van der Waals surface area contributed by atoms with Crippen molar-refractivity contribution in [1.29, 1.82) is 0 Å². The minimum Gasteiger partial charge on any atom is -0.497 e. The van der Waals surface area contributed by atoms with E-state index in [1.807, 2.05) is 6.07 Å². The number of aliphatic imine (C=N–C) groups is 1. The van der Waals surface area contributed by atoms with E-state index in [0.717, 1.165) is 29.0 Å². The molecule has 1 saturated carbocycles. The Bertz CT molecular complexity index is 1240. The van der Waals surface area contributed by atoms with Gasteiger partial charge in [-0.05, 0) is 60.7 Å². The van der Waals surface area contributed by atoms with Gasteiger partial charge in [-0.1, -0.05) is 31.4 Å². The Morgan fingerprint density at radius 1 is 1.08 bits per heavy atom. The normalized spacial score (nSPS) is 15.3. The first-order valence-electron chi connectivity index (χ1n) is 12.3. The number of methoxy groups -OCH3 is 1. The molecule has 11 nitrogen and oxygen atoms in total. The summed E-state index contributed by atoms with van der Waals surface area (Å²) in [5, 5.41) is 1.54. The highest BCUT2D eigenvalue weighted by molar-refractivity contribution is 7.89. The van der Waals surface area contributed by atoms with Crippen LogP contribution in [-0.2, 0) is 24.3 Å². The maximum Gasteiger partial charge on any atom is 0.330 e. The molecule has 0 aliphatic heterocycles. The lowest BCUT2D eigenvalue weighted by molar-refractivity contribution is -0.161. The van der Waals surface area contributed by atoms with E-state index in [1.165, 1.54) is 13.2 Å². The summed E-state index contributed by atoms with van der Waals surface area (Å²) in [6.07, 6.45) is 4.54. The molecular weight excluding hydrogens is 498 g/mol. The van der Waals surface area contributed by atoms with Gasteiger partial charge < -0.3 is 26.7 Å². The van der Waals surface area contributed by atoms with Crippen LogP contribution < -0.4 is 21.9 Å². The zero-order chi connectivity index (χ0) is 27.0. The molecule has 1 atom stereocenters. The number of nitrogens with zero attached hydrogens (tertiary/aromatic N) is 2. The number of sulfonamides is 1. The topological polar surface area (TPSA) is 180 Å². The van der Waals surface area contributed by atoms with E-state index in [9.17, 15) is 18.0 Å². The molecule has 2 aromatic carbocycles. The van der Waals surface area contributed by atoms with E-state index in [-0.39, 0.29) is 29.9 Å². The van der Waals surface area contributed by atoms with Crippen molar-refractivity contribution in [2.24, 2.45) is 22.2 Å². The van der Waals surface area contributed by atoms with Crippen molar-refractivity contribution in [1.82, 2.24) is 4.31 Å². The van der Waals surface area contributed by atoms with Gasteiger partial charge in [0.25, 0.3) is 0 Å². The Hall–Kier alpha value is -3.22. The van der Waals surface area contributed by atoms with E-state index in [0.29, 0.717) is 30.4 Å². The minimum absolute atomic E-state index is 0.0504. The minimum atomic E-state index is -4.08. The van der Waals surface area contributed by atoms with Gasteiger partial charge in [-0.15, -0.1) is 0 Å². The fourth-order valence-corrected chi connectivity index (χ4v) is 6.06. The number of carbonyl (C=O) groups excluding carboxylic acids is 2. The highest BCUT2D eigenvalue weighted by Gasteiger charge is 2.35. The van der Waals surface area contributed by atoms with Crippen molar-refractivity contribution in [3.63, 3.8) is 0 Å². The number of benzene rings is 2. The van der Waals surface area contributed by atoms with Gasteiger partial charge in [-0.25, -0.2) is 13.2 Å². The average Bonchev–Trinajstić information content (AvgIpc) is 2.89. The number of nitrogens with two attached hydrogens (primary N) is 3. The predicted octanol–water partition coefficient (Wildman–Crippen LogP) is 1.62. The summed E-state index contributed by atoms with van der Waals surface area (Å²) in [6.45, 7) is -0.307. The maximum atomic E-state index is 13.8. The first kappa shape index (κ1) is 28.4. The molecule has 0 bridgehead atoms. The van der Waals surface area contributed by atoms with Gasteiger partial charge in [0.15, 0.2) is 5.96 Å². The molecule has 1 aliphatic carbocycles. The van der Waals surface area contributed by atoms with E-state index >= 15 is 0 Å². The number of ether oxygens (including phenoxy) is 2. The van der Waals surface area contributed by atoms with Crippen LogP contribution >= 0.6 is 0 Å². The first-order chi connectivity index (χ1) is 17.6. The SMILES string of the molecule is COc1ccc2ccc(S(=O)(=O)N(CC(=O)OC(=O)[C@@H](N)CCCN=C(N)N)C3CCCCC3)cc2c1. The van der Waals surface area contributed by atoms with Gasteiger partial charge in [-0.2, -0.15) is 4.31 Å². The Kier molecular flexibility index (Phi) is 9.84. The van der Waals surface area contributed by atoms with E-state index < -0.39 is 34.5 Å². The molecule has 3 rings (SSSR count). The van der Waals surface area contributed by atoms with Crippen molar-refractivity contribution in [3.05, 3.63) is 36.4 Å². The summed E-state index contributed by atoms with van der Waals surface area (Å²) in [5.74, 6) is -1.36. The van der Waals surface area contributed by atoms with Crippen molar-refractivity contribution in [2.75, 3.05) is 20.2 Å². The molecule has 0 unspecified atom stereocenters. The van der Waals surface area contributed by atoms with Crippen LogP contribution in [0.15, 0.2) is 46.3 Å². The van der Waals surface area contributed by atoms with Gasteiger partial charge in [0.05, 0.1) is 12.0 Å². The van der Waals surface area contributed by atoms with Crippen molar-refractivity contribution >= 4 is 38.7 Å². The largest absolute Gasteiger partial charge is 0.497 e. The highest BCUT2D eigenvalue weighted by Crippen LogP contribution is 2.30. The highest BCUT2D eigenvalue weighted by atomic mass is 32.2. The molecule has 0 spiro atoms. The second-order valence-corrected chi connectivity index (χ2v) is 11.0. The van der Waals surface area contributed by atoms with E-state index in [2.05, 4.69) is 4.99 Å². The molecule has 1 aliphatic rings. The molecule has 202 valence electrons. The third kappa shape index (κ3) is 7.63. The Labute approximate surface area is 217 Å². The molecule has 0 heterocycles. The molecule has 0 amide bonds. The summed E-state index contributed by atoms with van der Waals surface area (Å²) < 4.78 is 38.9. The monoisotopic (exact) mass is 533 g/mol. The van der Waals surface area contributed by atoms with Crippen molar-refractivity contribution in [3.8, 4) is 5.75 Å². The average molecular weight is 534 g/mol. The molecule has 0 radical (unpaired) electrons. The molecular formula is C25H35N5O6S. The van der Waals surface area contributed by atoms with Crippen molar-refractivity contribution < 1.29 is 27.5 Å². The Balaban J connectivity index is 1.77. The molecule has 1 fully saturated rings. The van der Waals surface area contributed by atoms with Crippen molar-refractivity contribution in [2.45, 2.75) is 61.9 Å².